The zero-order chi connectivity index (χ0) is 21.6. The number of amides is 1. The fourth-order valence-corrected chi connectivity index (χ4v) is 5.46. The Morgan fingerprint density at radius 3 is 2.63 bits per heavy atom. The van der Waals surface area contributed by atoms with E-state index in [2.05, 4.69) is 31.1 Å². The van der Waals surface area contributed by atoms with Crippen LogP contribution in [0.5, 0.6) is 0 Å². The van der Waals surface area contributed by atoms with Gasteiger partial charge < -0.3 is 5.32 Å². The van der Waals surface area contributed by atoms with Crippen molar-refractivity contribution < 1.29 is 4.79 Å². The number of fused-ring (bicyclic) bond motifs is 3. The second-order valence-corrected chi connectivity index (χ2v) is 10.6. The van der Waals surface area contributed by atoms with Gasteiger partial charge in [-0.25, -0.2) is 4.98 Å². The van der Waals surface area contributed by atoms with Gasteiger partial charge in [0.2, 0.25) is 5.91 Å². The minimum absolute atomic E-state index is 0.113. The molecule has 1 amide bonds. The maximum Gasteiger partial charge on any atom is 0.263 e. The van der Waals surface area contributed by atoms with E-state index < -0.39 is 6.04 Å². The van der Waals surface area contributed by atoms with Crippen molar-refractivity contribution in [2.75, 3.05) is 5.32 Å². The molecule has 0 fully saturated rings. The number of benzene rings is 1. The van der Waals surface area contributed by atoms with Crippen LogP contribution in [0.2, 0.25) is 0 Å². The first-order chi connectivity index (χ1) is 14.1. The standard InChI is InChI=1S/C24H29N3O2S/c1-14-6-9-17(10-7-14)26-21(28)15(2)27-13-25-22-20(23(27)29)18-11-8-16(24(3,4)5)12-19(18)30-22/h6-7,9-10,13,15-16H,8,11-12H2,1-5H3,(H,26,28)/t15-,16-/m1/s1. The number of anilines is 1. The van der Waals surface area contributed by atoms with Crippen LogP contribution in [0.3, 0.4) is 0 Å². The van der Waals surface area contributed by atoms with Gasteiger partial charge in [0.25, 0.3) is 5.56 Å². The first-order valence-corrected chi connectivity index (χ1v) is 11.4. The molecule has 1 N–H and O–H groups in total. The number of hydrogen-bond donors (Lipinski definition) is 1. The van der Waals surface area contributed by atoms with E-state index in [9.17, 15) is 9.59 Å². The number of aromatic nitrogens is 2. The van der Waals surface area contributed by atoms with Gasteiger partial charge in [0.1, 0.15) is 10.9 Å². The first-order valence-electron chi connectivity index (χ1n) is 10.5. The molecule has 0 bridgehead atoms. The number of nitrogens with one attached hydrogen (secondary N) is 1. The minimum atomic E-state index is -0.642. The van der Waals surface area contributed by atoms with Gasteiger partial charge in [-0.1, -0.05) is 38.5 Å². The zero-order valence-electron chi connectivity index (χ0n) is 18.3. The fourth-order valence-electron chi connectivity index (χ4n) is 4.20. The van der Waals surface area contributed by atoms with Gasteiger partial charge in [0, 0.05) is 10.6 Å². The van der Waals surface area contributed by atoms with Crippen molar-refractivity contribution in [3.63, 3.8) is 0 Å². The number of carbonyl (C=O) groups is 1. The van der Waals surface area contributed by atoms with E-state index in [1.165, 1.54) is 15.8 Å². The quantitative estimate of drug-likeness (QED) is 0.636. The molecule has 0 saturated heterocycles. The zero-order valence-corrected chi connectivity index (χ0v) is 19.1. The van der Waals surface area contributed by atoms with Crippen LogP contribution in [0.4, 0.5) is 5.69 Å². The van der Waals surface area contributed by atoms with E-state index in [0.717, 1.165) is 40.9 Å². The third-order valence-corrected chi connectivity index (χ3v) is 7.50. The van der Waals surface area contributed by atoms with Crippen molar-refractivity contribution in [2.24, 2.45) is 11.3 Å². The number of hydrogen-bond acceptors (Lipinski definition) is 4. The fraction of sp³-hybridized carbons (Fsp3) is 0.458. The molecule has 0 radical (unpaired) electrons. The van der Waals surface area contributed by atoms with Crippen LogP contribution in [0.15, 0.2) is 35.4 Å². The van der Waals surface area contributed by atoms with Crippen LogP contribution in [0.25, 0.3) is 10.2 Å². The van der Waals surface area contributed by atoms with E-state index >= 15 is 0 Å². The molecule has 2 atom stereocenters. The molecule has 1 aliphatic carbocycles. The number of rotatable bonds is 3. The highest BCUT2D eigenvalue weighted by Crippen LogP contribution is 2.42. The molecule has 158 valence electrons. The van der Waals surface area contributed by atoms with Crippen molar-refractivity contribution >= 4 is 33.1 Å². The van der Waals surface area contributed by atoms with Crippen molar-refractivity contribution in [1.82, 2.24) is 9.55 Å². The second kappa shape index (κ2) is 7.65. The molecule has 30 heavy (non-hydrogen) atoms. The Morgan fingerprint density at radius 1 is 1.27 bits per heavy atom. The Hall–Kier alpha value is -2.47. The van der Waals surface area contributed by atoms with Crippen molar-refractivity contribution in [2.45, 2.75) is 59.9 Å². The van der Waals surface area contributed by atoms with Crippen molar-refractivity contribution in [3.05, 3.63) is 57.0 Å². The van der Waals surface area contributed by atoms with E-state index in [0.29, 0.717) is 11.3 Å². The highest BCUT2D eigenvalue weighted by Gasteiger charge is 2.32. The number of carbonyl (C=O) groups excluding carboxylic acids is 1. The third-order valence-electron chi connectivity index (χ3n) is 6.34. The van der Waals surface area contributed by atoms with Gasteiger partial charge in [0.15, 0.2) is 0 Å². The number of aryl methyl sites for hydroxylation is 2. The third kappa shape index (κ3) is 3.81. The summed E-state index contributed by atoms with van der Waals surface area (Å²) in [5, 5.41) is 3.61. The molecule has 3 aromatic rings. The first kappa shape index (κ1) is 20.8. The lowest BCUT2D eigenvalue weighted by molar-refractivity contribution is -0.118. The lowest BCUT2D eigenvalue weighted by Gasteiger charge is -2.33. The highest BCUT2D eigenvalue weighted by atomic mass is 32.1. The summed E-state index contributed by atoms with van der Waals surface area (Å²) in [6.07, 6.45) is 4.51. The average molecular weight is 424 g/mol. The molecule has 0 aliphatic heterocycles. The summed E-state index contributed by atoms with van der Waals surface area (Å²) in [6, 6.07) is 6.98. The Morgan fingerprint density at radius 2 is 1.97 bits per heavy atom. The molecular weight excluding hydrogens is 394 g/mol. The molecule has 1 aliphatic rings. The van der Waals surface area contributed by atoms with E-state index in [-0.39, 0.29) is 16.9 Å². The van der Waals surface area contributed by atoms with Crippen LogP contribution in [0.1, 0.15) is 56.2 Å². The van der Waals surface area contributed by atoms with Gasteiger partial charge in [-0.3, -0.25) is 14.2 Å². The van der Waals surface area contributed by atoms with Crippen molar-refractivity contribution in [3.8, 4) is 0 Å². The lowest BCUT2D eigenvalue weighted by Crippen LogP contribution is -2.32. The maximum absolute atomic E-state index is 13.3. The summed E-state index contributed by atoms with van der Waals surface area (Å²) in [4.78, 5) is 32.7. The van der Waals surface area contributed by atoms with Gasteiger partial charge in [-0.15, -0.1) is 11.3 Å². The Balaban J connectivity index is 1.64. The molecule has 0 unspecified atom stereocenters. The Labute approximate surface area is 181 Å². The summed E-state index contributed by atoms with van der Waals surface area (Å²) in [6.45, 7) is 10.6. The monoisotopic (exact) mass is 423 g/mol. The molecule has 0 saturated carbocycles. The van der Waals surface area contributed by atoms with Gasteiger partial charge >= 0.3 is 0 Å². The summed E-state index contributed by atoms with van der Waals surface area (Å²) in [5.41, 5.74) is 3.14. The topological polar surface area (TPSA) is 64.0 Å². The smallest absolute Gasteiger partial charge is 0.263 e. The molecule has 2 heterocycles. The van der Waals surface area contributed by atoms with E-state index in [4.69, 9.17) is 0 Å². The summed E-state index contributed by atoms with van der Waals surface area (Å²) in [5.74, 6) is 0.387. The Bertz CT molecular complexity index is 1150. The predicted octanol–water partition coefficient (Wildman–Crippen LogP) is 5.12. The van der Waals surface area contributed by atoms with Crippen LogP contribution in [-0.2, 0) is 17.6 Å². The molecular formula is C24H29N3O2S. The largest absolute Gasteiger partial charge is 0.324 e. The lowest BCUT2D eigenvalue weighted by atomic mass is 9.72. The summed E-state index contributed by atoms with van der Waals surface area (Å²) >= 11 is 1.64. The Kier molecular flexibility index (Phi) is 5.30. The van der Waals surface area contributed by atoms with E-state index in [1.807, 2.05) is 31.2 Å². The molecule has 6 heteroatoms. The minimum Gasteiger partial charge on any atom is -0.324 e. The molecule has 0 spiro atoms. The van der Waals surface area contributed by atoms with Gasteiger partial charge in [-0.2, -0.15) is 0 Å². The number of thiophene rings is 1. The van der Waals surface area contributed by atoms with E-state index in [1.54, 1.807) is 18.3 Å². The molecule has 4 rings (SSSR count). The summed E-state index contributed by atoms with van der Waals surface area (Å²) in [7, 11) is 0. The van der Waals surface area contributed by atoms with Gasteiger partial charge in [0.05, 0.1) is 11.7 Å². The van der Waals surface area contributed by atoms with Crippen LogP contribution >= 0.6 is 11.3 Å². The predicted molar refractivity (Wildman–Crippen MR) is 123 cm³/mol. The second-order valence-electron chi connectivity index (χ2n) is 9.48. The molecule has 2 aromatic heterocycles. The molecule has 5 nitrogen and oxygen atoms in total. The number of nitrogens with zero attached hydrogens (tertiary/aromatic N) is 2. The SMILES string of the molecule is Cc1ccc(NC(=O)[C@@H](C)n2cnc3sc4c(c3c2=O)CC[C@@H](C(C)(C)C)C4)cc1. The van der Waals surface area contributed by atoms with Gasteiger partial charge in [-0.05, 0) is 62.1 Å². The highest BCUT2D eigenvalue weighted by molar-refractivity contribution is 7.18. The van der Waals surface area contributed by atoms with Crippen LogP contribution in [-0.4, -0.2) is 15.5 Å². The normalized spacial score (nSPS) is 17.6. The molecule has 1 aromatic carbocycles. The maximum atomic E-state index is 13.3. The van der Waals surface area contributed by atoms with Crippen molar-refractivity contribution in [1.29, 1.82) is 0 Å². The van der Waals surface area contributed by atoms with Crippen LogP contribution < -0.4 is 10.9 Å². The summed E-state index contributed by atoms with van der Waals surface area (Å²) < 4.78 is 1.47. The van der Waals surface area contributed by atoms with Crippen LogP contribution in [0, 0.1) is 18.3 Å². The average Bonchev–Trinajstić information content (AvgIpc) is 3.07.